The van der Waals surface area contributed by atoms with Gasteiger partial charge in [-0.05, 0) is 19.2 Å². The van der Waals surface area contributed by atoms with Gasteiger partial charge in [0.25, 0.3) is 0 Å². The summed E-state index contributed by atoms with van der Waals surface area (Å²) < 4.78 is 12.4. The van der Waals surface area contributed by atoms with Crippen LogP contribution in [-0.4, -0.2) is 69.7 Å². The van der Waals surface area contributed by atoms with Crippen LogP contribution in [0.2, 0.25) is 0 Å². The average Bonchev–Trinajstić information content (AvgIpc) is 3.15. The first-order valence-corrected chi connectivity index (χ1v) is 9.75. The summed E-state index contributed by atoms with van der Waals surface area (Å²) in [4.78, 5) is 17.6. The molecule has 0 saturated carbocycles. The average molecular weight is 409 g/mol. The summed E-state index contributed by atoms with van der Waals surface area (Å²) in [5.41, 5.74) is 7.86. The van der Waals surface area contributed by atoms with Crippen molar-refractivity contribution < 1.29 is 9.47 Å². The van der Waals surface area contributed by atoms with Crippen molar-refractivity contribution in [1.29, 1.82) is 0 Å². The predicted molar refractivity (Wildman–Crippen MR) is 111 cm³/mol. The van der Waals surface area contributed by atoms with Gasteiger partial charge in [0.05, 0.1) is 12.3 Å². The van der Waals surface area contributed by atoms with Gasteiger partial charge in [0.15, 0.2) is 12.6 Å². The first-order valence-electron chi connectivity index (χ1n) is 9.75. The highest BCUT2D eigenvalue weighted by Gasteiger charge is 2.19. The maximum atomic E-state index is 6.13. The van der Waals surface area contributed by atoms with Crippen LogP contribution in [0.5, 0.6) is 5.75 Å². The molecular formula is C19H23N9O2. The van der Waals surface area contributed by atoms with Crippen LogP contribution in [0.4, 0.5) is 23.4 Å². The fourth-order valence-electron chi connectivity index (χ4n) is 3.54. The first kappa shape index (κ1) is 18.6. The molecular weight excluding hydrogens is 386 g/mol. The summed E-state index contributed by atoms with van der Waals surface area (Å²) in [6, 6.07) is 7.61. The zero-order chi connectivity index (χ0) is 20.5. The molecule has 30 heavy (non-hydrogen) atoms. The molecule has 2 aliphatic rings. The smallest absolute Gasteiger partial charge is 0.248 e. The highest BCUT2D eigenvalue weighted by molar-refractivity contribution is 5.63. The summed E-state index contributed by atoms with van der Waals surface area (Å²) in [6.07, 6.45) is 1.53. The van der Waals surface area contributed by atoms with Crippen molar-refractivity contribution in [2.45, 2.75) is 6.61 Å². The van der Waals surface area contributed by atoms with E-state index >= 15 is 0 Å². The van der Waals surface area contributed by atoms with Gasteiger partial charge in [-0.15, -0.1) is 5.10 Å². The number of aromatic nitrogens is 5. The van der Waals surface area contributed by atoms with Crippen LogP contribution in [0.25, 0.3) is 5.82 Å². The van der Waals surface area contributed by atoms with E-state index in [0.717, 1.165) is 49.0 Å². The maximum absolute atomic E-state index is 6.13. The standard InChI is InChI=1S/C19H23N9O2/c1-26-5-7-27(8-6-26)16-9-17(22-11-21-16)28-18(20)24-19(25-28)23-14-3-2-4-15-13(14)10-29-12-30-15/h2-4,9,11H,5-8,10,12H2,1H3,(H3,20,23,24,25). The van der Waals surface area contributed by atoms with Gasteiger partial charge >= 0.3 is 0 Å². The Hall–Kier alpha value is -3.44. The van der Waals surface area contributed by atoms with Crippen molar-refractivity contribution in [2.24, 2.45) is 0 Å². The molecule has 4 heterocycles. The molecule has 3 aromatic rings. The van der Waals surface area contributed by atoms with E-state index in [9.17, 15) is 0 Å². The molecule has 0 spiro atoms. The number of anilines is 4. The van der Waals surface area contributed by atoms with E-state index in [1.165, 1.54) is 11.0 Å². The molecule has 1 aromatic carbocycles. The predicted octanol–water partition coefficient (Wildman–Crippen LogP) is 1.00. The second kappa shape index (κ2) is 7.76. The van der Waals surface area contributed by atoms with Crippen molar-refractivity contribution in [1.82, 2.24) is 29.6 Å². The monoisotopic (exact) mass is 409 g/mol. The van der Waals surface area contributed by atoms with E-state index in [1.807, 2.05) is 24.3 Å². The van der Waals surface area contributed by atoms with E-state index in [1.54, 1.807) is 0 Å². The van der Waals surface area contributed by atoms with E-state index in [2.05, 4.69) is 42.2 Å². The number of likely N-dealkylation sites (N-methyl/N-ethyl adjacent to an activating group) is 1. The maximum Gasteiger partial charge on any atom is 0.248 e. The van der Waals surface area contributed by atoms with E-state index < -0.39 is 0 Å². The number of fused-ring (bicyclic) bond motifs is 1. The Labute approximate surface area is 173 Å². The number of nitrogens with two attached hydrogens (primary N) is 1. The first-order chi connectivity index (χ1) is 14.7. The molecule has 3 N–H and O–H groups in total. The number of nitrogens with zero attached hydrogens (tertiary/aromatic N) is 7. The lowest BCUT2D eigenvalue weighted by atomic mass is 10.1. The van der Waals surface area contributed by atoms with Crippen LogP contribution in [0, 0.1) is 0 Å². The Morgan fingerprint density at radius 2 is 1.93 bits per heavy atom. The number of hydrogen-bond acceptors (Lipinski definition) is 10. The summed E-state index contributed by atoms with van der Waals surface area (Å²) >= 11 is 0. The van der Waals surface area contributed by atoms with Crippen LogP contribution in [0.3, 0.4) is 0 Å². The lowest BCUT2D eigenvalue weighted by Crippen LogP contribution is -2.44. The lowest BCUT2D eigenvalue weighted by Gasteiger charge is -2.33. The zero-order valence-electron chi connectivity index (χ0n) is 16.7. The molecule has 0 radical (unpaired) electrons. The van der Waals surface area contributed by atoms with Gasteiger partial charge in [-0.2, -0.15) is 9.67 Å². The SMILES string of the molecule is CN1CCN(c2cc(-n3nc(Nc4cccc5c4COCO5)nc3N)ncn2)CC1. The zero-order valence-corrected chi connectivity index (χ0v) is 16.7. The lowest BCUT2D eigenvalue weighted by molar-refractivity contribution is -0.0159. The summed E-state index contributed by atoms with van der Waals surface area (Å²) in [7, 11) is 2.12. The van der Waals surface area contributed by atoms with E-state index in [4.69, 9.17) is 15.2 Å². The number of nitrogens with one attached hydrogen (secondary N) is 1. The van der Waals surface area contributed by atoms with Crippen LogP contribution < -0.4 is 20.7 Å². The molecule has 0 amide bonds. The van der Waals surface area contributed by atoms with Gasteiger partial charge in [0, 0.05) is 37.8 Å². The molecule has 156 valence electrons. The molecule has 5 rings (SSSR count). The van der Waals surface area contributed by atoms with Crippen molar-refractivity contribution in [3.8, 4) is 11.6 Å². The summed E-state index contributed by atoms with van der Waals surface area (Å²) in [5.74, 6) is 2.80. The third kappa shape index (κ3) is 3.60. The van der Waals surface area contributed by atoms with Crippen molar-refractivity contribution in [2.75, 3.05) is 56.0 Å². The Balaban J connectivity index is 1.39. The third-order valence-electron chi connectivity index (χ3n) is 5.24. The number of rotatable bonds is 4. The number of nitrogen functional groups attached to an aromatic ring is 1. The van der Waals surface area contributed by atoms with Gasteiger partial charge < -0.3 is 30.3 Å². The van der Waals surface area contributed by atoms with Gasteiger partial charge in [-0.3, -0.25) is 0 Å². The third-order valence-corrected chi connectivity index (χ3v) is 5.24. The minimum absolute atomic E-state index is 0.234. The molecule has 0 bridgehead atoms. The van der Waals surface area contributed by atoms with Crippen LogP contribution in [-0.2, 0) is 11.3 Å². The van der Waals surface area contributed by atoms with Crippen molar-refractivity contribution in [3.05, 3.63) is 36.2 Å². The molecule has 11 heteroatoms. The Bertz CT molecular complexity index is 1050. The van der Waals surface area contributed by atoms with Crippen molar-refractivity contribution in [3.63, 3.8) is 0 Å². The number of hydrogen-bond donors (Lipinski definition) is 2. The van der Waals surface area contributed by atoms with Crippen LogP contribution in [0.15, 0.2) is 30.6 Å². The Kier molecular flexibility index (Phi) is 4.81. The fraction of sp³-hybridized carbons (Fsp3) is 0.368. The molecule has 2 aromatic heterocycles. The van der Waals surface area contributed by atoms with Crippen molar-refractivity contribution >= 4 is 23.4 Å². The Morgan fingerprint density at radius 1 is 1.10 bits per heavy atom. The largest absolute Gasteiger partial charge is 0.467 e. The second-order valence-corrected chi connectivity index (χ2v) is 7.25. The fourth-order valence-corrected chi connectivity index (χ4v) is 3.54. The minimum atomic E-state index is 0.234. The van der Waals surface area contributed by atoms with Crippen LogP contribution >= 0.6 is 0 Å². The topological polar surface area (TPSA) is 119 Å². The normalized spacial score (nSPS) is 16.8. The molecule has 1 saturated heterocycles. The summed E-state index contributed by atoms with van der Waals surface area (Å²) in [6.45, 7) is 4.52. The molecule has 11 nitrogen and oxygen atoms in total. The minimum Gasteiger partial charge on any atom is -0.467 e. The number of ether oxygens (including phenoxy) is 2. The molecule has 0 atom stereocenters. The second-order valence-electron chi connectivity index (χ2n) is 7.25. The van der Waals surface area contributed by atoms with E-state index in [0.29, 0.717) is 18.4 Å². The molecule has 0 unspecified atom stereocenters. The highest BCUT2D eigenvalue weighted by atomic mass is 16.7. The van der Waals surface area contributed by atoms with Gasteiger partial charge in [-0.1, -0.05) is 6.07 Å². The number of benzene rings is 1. The van der Waals surface area contributed by atoms with Gasteiger partial charge in [-0.25, -0.2) is 9.97 Å². The van der Waals surface area contributed by atoms with Gasteiger partial charge in [0.2, 0.25) is 11.9 Å². The summed E-state index contributed by atoms with van der Waals surface area (Å²) in [5, 5.41) is 7.70. The molecule has 2 aliphatic heterocycles. The quantitative estimate of drug-likeness (QED) is 0.646. The van der Waals surface area contributed by atoms with Crippen LogP contribution in [0.1, 0.15) is 5.56 Å². The Morgan fingerprint density at radius 3 is 2.80 bits per heavy atom. The van der Waals surface area contributed by atoms with Gasteiger partial charge in [0.1, 0.15) is 17.9 Å². The molecule has 1 fully saturated rings. The molecule has 0 aliphatic carbocycles. The number of piperazine rings is 1. The van der Waals surface area contributed by atoms with E-state index in [-0.39, 0.29) is 12.7 Å². The highest BCUT2D eigenvalue weighted by Crippen LogP contribution is 2.31.